The van der Waals surface area contributed by atoms with Crippen molar-refractivity contribution in [3.63, 3.8) is 0 Å². The van der Waals surface area contributed by atoms with Crippen molar-refractivity contribution in [1.29, 1.82) is 0 Å². The maximum Gasteiger partial charge on any atom is 0.336 e. The first-order valence-corrected chi connectivity index (χ1v) is 13.4. The van der Waals surface area contributed by atoms with Crippen LogP contribution in [0.4, 0.5) is 5.69 Å². The molecule has 0 radical (unpaired) electrons. The first-order valence-electron chi connectivity index (χ1n) is 12.7. The highest BCUT2D eigenvalue weighted by molar-refractivity contribution is 9.10. The Morgan fingerprint density at radius 2 is 1.70 bits per heavy atom. The number of rotatable bonds is 5. The minimum absolute atomic E-state index is 0.331. The van der Waals surface area contributed by atoms with Crippen LogP contribution in [0.25, 0.3) is 0 Å². The van der Waals surface area contributed by atoms with Crippen molar-refractivity contribution >= 4 is 27.6 Å². The van der Waals surface area contributed by atoms with Crippen LogP contribution in [0.5, 0.6) is 0 Å². The largest absolute Gasteiger partial charge is 0.478 e. The zero-order valence-corrected chi connectivity index (χ0v) is 20.8. The highest BCUT2D eigenvalue weighted by atomic mass is 79.9. The molecule has 1 atom stereocenters. The van der Waals surface area contributed by atoms with E-state index in [0.29, 0.717) is 21.5 Å². The number of carboxylic acid groups (broad SMARTS) is 1. The van der Waals surface area contributed by atoms with E-state index in [1.165, 1.54) is 57.9 Å². The van der Waals surface area contributed by atoms with Gasteiger partial charge in [-0.25, -0.2) is 4.79 Å². The molecule has 4 aliphatic rings. The summed E-state index contributed by atoms with van der Waals surface area (Å²) < 4.78 is 0.669. The third kappa shape index (κ3) is 4.01. The van der Waals surface area contributed by atoms with Gasteiger partial charge in [0.1, 0.15) is 0 Å². The van der Waals surface area contributed by atoms with Crippen molar-refractivity contribution in [2.75, 3.05) is 24.5 Å². The molecule has 1 N–H and O–H groups in total. The summed E-state index contributed by atoms with van der Waals surface area (Å²) in [4.78, 5) is 16.6. The van der Waals surface area contributed by atoms with Gasteiger partial charge in [0.05, 0.1) is 5.56 Å². The number of carbonyl (C=O) groups is 1. The van der Waals surface area contributed by atoms with E-state index in [-0.39, 0.29) is 0 Å². The number of hydrogen-bond donors (Lipinski definition) is 1. The van der Waals surface area contributed by atoms with Crippen LogP contribution < -0.4 is 4.90 Å². The van der Waals surface area contributed by atoms with Crippen LogP contribution in [0.1, 0.15) is 84.8 Å². The molecule has 0 amide bonds. The maximum atomic E-state index is 11.3. The first kappa shape index (κ1) is 21.7. The summed E-state index contributed by atoms with van der Waals surface area (Å²) in [5.41, 5.74) is 5.24. The molecule has 0 aromatic heterocycles. The second kappa shape index (κ2) is 8.42. The quantitative estimate of drug-likeness (QED) is 0.493. The topological polar surface area (TPSA) is 43.8 Å². The molecule has 2 aliphatic carbocycles. The molecule has 0 unspecified atom stereocenters. The van der Waals surface area contributed by atoms with Gasteiger partial charge in [-0.05, 0) is 115 Å². The van der Waals surface area contributed by atoms with Crippen LogP contribution in [0.2, 0.25) is 0 Å². The van der Waals surface area contributed by atoms with Crippen LogP contribution in [-0.4, -0.2) is 41.7 Å². The van der Waals surface area contributed by atoms with Crippen molar-refractivity contribution in [3.05, 3.63) is 63.6 Å². The zero-order valence-electron chi connectivity index (χ0n) is 19.2. The number of halogens is 1. The molecular weight excluding hydrogens is 476 g/mol. The summed E-state index contributed by atoms with van der Waals surface area (Å²) in [5, 5.41) is 9.28. The Bertz CT molecular complexity index is 1050. The minimum atomic E-state index is -0.883. The molecule has 2 saturated carbocycles. The number of aromatic carboxylic acids is 1. The van der Waals surface area contributed by atoms with Gasteiger partial charge in [0.25, 0.3) is 0 Å². The minimum Gasteiger partial charge on any atom is -0.478 e. The average molecular weight is 509 g/mol. The van der Waals surface area contributed by atoms with Crippen molar-refractivity contribution < 1.29 is 9.90 Å². The predicted octanol–water partition coefficient (Wildman–Crippen LogP) is 6.61. The lowest BCUT2D eigenvalue weighted by Crippen LogP contribution is -2.54. The number of carboxylic acids is 1. The summed E-state index contributed by atoms with van der Waals surface area (Å²) in [6, 6.07) is 16.3. The summed E-state index contributed by atoms with van der Waals surface area (Å²) in [7, 11) is 0. The fourth-order valence-corrected chi connectivity index (χ4v) is 7.37. The van der Waals surface area contributed by atoms with E-state index in [4.69, 9.17) is 0 Å². The molecule has 5 heteroatoms. The van der Waals surface area contributed by atoms with Gasteiger partial charge in [-0.1, -0.05) is 24.3 Å². The Labute approximate surface area is 205 Å². The van der Waals surface area contributed by atoms with E-state index in [1.807, 2.05) is 12.1 Å². The van der Waals surface area contributed by atoms with E-state index < -0.39 is 5.97 Å². The highest BCUT2D eigenvalue weighted by Gasteiger charge is 2.50. The molecule has 33 heavy (non-hydrogen) atoms. The lowest BCUT2D eigenvalue weighted by atomic mass is 9.59. The van der Waals surface area contributed by atoms with Gasteiger partial charge in [-0.15, -0.1) is 0 Å². The number of benzene rings is 2. The molecular formula is C28H33BrN2O2. The normalized spacial score (nSPS) is 25.4. The van der Waals surface area contributed by atoms with Gasteiger partial charge in [-0.3, -0.25) is 4.90 Å². The number of likely N-dealkylation sites (tertiary alicyclic amines) is 1. The summed E-state index contributed by atoms with van der Waals surface area (Å²) in [5.74, 6) is -0.0585. The smallest absolute Gasteiger partial charge is 0.336 e. The van der Waals surface area contributed by atoms with E-state index in [1.54, 1.807) is 17.2 Å². The van der Waals surface area contributed by atoms with Gasteiger partial charge in [-0.2, -0.15) is 0 Å². The molecule has 2 heterocycles. The molecule has 4 fully saturated rings. The number of hydrogen-bond acceptors (Lipinski definition) is 3. The monoisotopic (exact) mass is 508 g/mol. The molecule has 4 nitrogen and oxygen atoms in total. The summed E-state index contributed by atoms with van der Waals surface area (Å²) in [6.45, 7) is 3.40. The molecule has 2 aromatic carbocycles. The third-order valence-electron chi connectivity index (χ3n) is 8.85. The van der Waals surface area contributed by atoms with Gasteiger partial charge < -0.3 is 10.0 Å². The lowest BCUT2D eigenvalue weighted by Gasteiger charge is -2.56. The van der Waals surface area contributed by atoms with Crippen LogP contribution in [-0.2, 0) is 0 Å². The van der Waals surface area contributed by atoms with Crippen molar-refractivity contribution in [3.8, 4) is 0 Å². The molecule has 2 aromatic rings. The third-order valence-corrected chi connectivity index (χ3v) is 9.50. The average Bonchev–Trinajstić information content (AvgIpc) is 3.54. The standard InChI is InChI=1S/C28H33BrN2O2/c29-25-16-20(9-10-24(25)27(32)33)30-14-11-28(12-15-30)17-21(18-28)31-13-3-6-26(31)23-5-2-1-4-22(23)19-7-8-19/h1-2,4-5,9-10,16,19,21,26H,3,6-8,11-15,17-18H2,(H,32,33)/t26-/m0/s1. The van der Waals surface area contributed by atoms with E-state index >= 15 is 0 Å². The summed E-state index contributed by atoms with van der Waals surface area (Å²) >= 11 is 3.44. The molecule has 6 rings (SSSR count). The van der Waals surface area contributed by atoms with Crippen LogP contribution in [0, 0.1) is 5.41 Å². The second-order valence-electron chi connectivity index (χ2n) is 10.8. The van der Waals surface area contributed by atoms with E-state index in [2.05, 4.69) is 50.0 Å². The van der Waals surface area contributed by atoms with Gasteiger partial charge in [0, 0.05) is 35.3 Å². The van der Waals surface area contributed by atoms with Crippen LogP contribution in [0.15, 0.2) is 46.9 Å². The van der Waals surface area contributed by atoms with Crippen molar-refractivity contribution in [2.45, 2.75) is 69.4 Å². The predicted molar refractivity (Wildman–Crippen MR) is 135 cm³/mol. The van der Waals surface area contributed by atoms with Gasteiger partial charge in [0.15, 0.2) is 0 Å². The van der Waals surface area contributed by atoms with E-state index in [9.17, 15) is 9.90 Å². The summed E-state index contributed by atoms with van der Waals surface area (Å²) in [6.07, 6.45) is 10.6. The maximum absolute atomic E-state index is 11.3. The zero-order chi connectivity index (χ0) is 22.6. The van der Waals surface area contributed by atoms with Gasteiger partial charge in [0.2, 0.25) is 0 Å². The molecule has 174 valence electrons. The van der Waals surface area contributed by atoms with E-state index in [0.717, 1.165) is 30.7 Å². The molecule has 2 aliphatic heterocycles. The Kier molecular flexibility index (Phi) is 5.53. The van der Waals surface area contributed by atoms with Crippen LogP contribution in [0.3, 0.4) is 0 Å². The fraction of sp³-hybridized carbons (Fsp3) is 0.536. The lowest BCUT2D eigenvalue weighted by molar-refractivity contribution is -0.0227. The Morgan fingerprint density at radius 1 is 0.970 bits per heavy atom. The Balaban J connectivity index is 1.09. The van der Waals surface area contributed by atoms with Crippen molar-refractivity contribution in [2.24, 2.45) is 5.41 Å². The van der Waals surface area contributed by atoms with Gasteiger partial charge >= 0.3 is 5.97 Å². The molecule has 1 spiro atoms. The van der Waals surface area contributed by atoms with Crippen molar-refractivity contribution in [1.82, 2.24) is 4.90 Å². The highest BCUT2D eigenvalue weighted by Crippen LogP contribution is 2.55. The number of nitrogens with zero attached hydrogens (tertiary/aromatic N) is 2. The second-order valence-corrected chi connectivity index (χ2v) is 11.7. The Morgan fingerprint density at radius 3 is 2.36 bits per heavy atom. The number of anilines is 1. The SMILES string of the molecule is O=C(O)c1ccc(N2CCC3(CC2)CC(N2CCC[C@H]2c2ccccc2C2CC2)C3)cc1Br. The molecule has 2 saturated heterocycles. The Hall–Kier alpha value is -1.85. The van der Waals surface area contributed by atoms with Crippen LogP contribution >= 0.6 is 15.9 Å². The molecule has 0 bridgehead atoms. The number of piperidine rings is 1. The first-order chi connectivity index (χ1) is 16.0. The fourth-order valence-electron chi connectivity index (χ4n) is 6.84.